The van der Waals surface area contributed by atoms with Crippen molar-refractivity contribution in [1.82, 2.24) is 4.90 Å². The molecule has 0 spiro atoms. The fourth-order valence-corrected chi connectivity index (χ4v) is 2.34. The van der Waals surface area contributed by atoms with Gasteiger partial charge in [-0.25, -0.2) is 0 Å². The predicted molar refractivity (Wildman–Crippen MR) is 64.0 cm³/mol. The Morgan fingerprint density at radius 1 is 1.56 bits per heavy atom. The first kappa shape index (κ1) is 13.5. The third-order valence-corrected chi connectivity index (χ3v) is 3.55. The molecule has 1 rings (SSSR count). The Labute approximate surface area is 98.1 Å². The van der Waals surface area contributed by atoms with Crippen LogP contribution in [0.1, 0.15) is 26.7 Å². The molecule has 94 valence electrons. The molecule has 0 aliphatic carbocycles. The fourth-order valence-electron chi connectivity index (χ4n) is 2.34. The van der Waals surface area contributed by atoms with Crippen LogP contribution >= 0.6 is 0 Å². The van der Waals surface area contributed by atoms with Gasteiger partial charge in [-0.05, 0) is 32.2 Å². The molecule has 0 aromatic carbocycles. The van der Waals surface area contributed by atoms with Crippen LogP contribution in [0.2, 0.25) is 0 Å². The highest BCUT2D eigenvalue weighted by atomic mass is 16.5. The zero-order valence-corrected chi connectivity index (χ0v) is 10.6. The van der Waals surface area contributed by atoms with Gasteiger partial charge in [0.25, 0.3) is 0 Å². The molecule has 0 amide bonds. The lowest BCUT2D eigenvalue weighted by molar-refractivity contribution is -0.145. The van der Waals surface area contributed by atoms with Crippen LogP contribution in [0.3, 0.4) is 0 Å². The topological polar surface area (TPSA) is 55.6 Å². The van der Waals surface area contributed by atoms with Gasteiger partial charge in [0.15, 0.2) is 0 Å². The summed E-state index contributed by atoms with van der Waals surface area (Å²) in [5.74, 6) is 0.409. The first-order valence-electron chi connectivity index (χ1n) is 6.10. The molecule has 3 atom stereocenters. The van der Waals surface area contributed by atoms with Gasteiger partial charge >= 0.3 is 5.97 Å². The molecular formula is C12H24N2O2. The predicted octanol–water partition coefficient (Wildman–Crippen LogP) is 0.855. The number of methoxy groups -OCH3 is 1. The van der Waals surface area contributed by atoms with Crippen LogP contribution in [0.25, 0.3) is 0 Å². The van der Waals surface area contributed by atoms with Crippen LogP contribution in [0.4, 0.5) is 0 Å². The van der Waals surface area contributed by atoms with Crippen LogP contribution in [0.5, 0.6) is 0 Å². The molecule has 0 radical (unpaired) electrons. The van der Waals surface area contributed by atoms with E-state index in [9.17, 15) is 4.79 Å². The van der Waals surface area contributed by atoms with Crippen LogP contribution < -0.4 is 5.73 Å². The molecule has 2 N–H and O–H groups in total. The summed E-state index contributed by atoms with van der Waals surface area (Å²) >= 11 is 0. The van der Waals surface area contributed by atoms with Gasteiger partial charge < -0.3 is 10.5 Å². The van der Waals surface area contributed by atoms with Crippen molar-refractivity contribution < 1.29 is 9.53 Å². The highest BCUT2D eigenvalue weighted by molar-refractivity contribution is 5.72. The largest absolute Gasteiger partial charge is 0.469 e. The Morgan fingerprint density at radius 2 is 2.25 bits per heavy atom. The number of likely N-dealkylation sites (tertiary alicyclic amines) is 1. The van der Waals surface area contributed by atoms with Crippen molar-refractivity contribution in [2.45, 2.75) is 32.7 Å². The second kappa shape index (κ2) is 6.21. The highest BCUT2D eigenvalue weighted by Gasteiger charge is 2.27. The summed E-state index contributed by atoms with van der Waals surface area (Å²) in [4.78, 5) is 13.7. The van der Waals surface area contributed by atoms with Gasteiger partial charge in [0.2, 0.25) is 0 Å². The number of rotatable bonds is 4. The summed E-state index contributed by atoms with van der Waals surface area (Å²) in [6, 6.07) is 0.551. The van der Waals surface area contributed by atoms with Gasteiger partial charge in [0, 0.05) is 19.1 Å². The molecule has 1 fully saturated rings. The minimum atomic E-state index is -0.123. The van der Waals surface area contributed by atoms with E-state index in [2.05, 4.69) is 11.8 Å². The second-order valence-electron chi connectivity index (χ2n) is 4.91. The van der Waals surface area contributed by atoms with Crippen LogP contribution in [-0.4, -0.2) is 43.7 Å². The van der Waals surface area contributed by atoms with E-state index in [0.717, 1.165) is 19.6 Å². The lowest BCUT2D eigenvalue weighted by Crippen LogP contribution is -2.46. The normalized spacial score (nSPS) is 28.8. The van der Waals surface area contributed by atoms with E-state index in [-0.39, 0.29) is 11.9 Å². The first-order valence-corrected chi connectivity index (χ1v) is 6.10. The number of esters is 1. The van der Waals surface area contributed by atoms with Crippen molar-refractivity contribution in [2.24, 2.45) is 17.6 Å². The lowest BCUT2D eigenvalue weighted by atomic mass is 9.92. The van der Waals surface area contributed by atoms with Crippen LogP contribution in [0, 0.1) is 11.8 Å². The van der Waals surface area contributed by atoms with Gasteiger partial charge in [-0.3, -0.25) is 9.69 Å². The smallest absolute Gasteiger partial charge is 0.309 e. The van der Waals surface area contributed by atoms with Gasteiger partial charge in [-0.1, -0.05) is 6.92 Å². The van der Waals surface area contributed by atoms with E-state index < -0.39 is 0 Å². The molecule has 4 nitrogen and oxygen atoms in total. The molecule has 0 saturated carbocycles. The lowest BCUT2D eigenvalue weighted by Gasteiger charge is -2.38. The monoisotopic (exact) mass is 228 g/mol. The summed E-state index contributed by atoms with van der Waals surface area (Å²) in [6.45, 7) is 6.68. The number of carbonyl (C=O) groups is 1. The van der Waals surface area contributed by atoms with Crippen molar-refractivity contribution in [3.63, 3.8) is 0 Å². The Kier molecular flexibility index (Phi) is 5.22. The van der Waals surface area contributed by atoms with E-state index in [1.54, 1.807) is 0 Å². The van der Waals surface area contributed by atoms with Crippen molar-refractivity contribution in [3.05, 3.63) is 0 Å². The minimum absolute atomic E-state index is 0.0519. The van der Waals surface area contributed by atoms with Crippen molar-refractivity contribution in [1.29, 1.82) is 0 Å². The number of ether oxygens (including phenoxy) is 1. The maximum atomic E-state index is 11.4. The van der Waals surface area contributed by atoms with E-state index >= 15 is 0 Å². The maximum absolute atomic E-state index is 11.4. The quantitative estimate of drug-likeness (QED) is 0.725. The molecule has 0 aromatic heterocycles. The molecule has 1 aliphatic rings. The second-order valence-corrected chi connectivity index (χ2v) is 4.91. The molecule has 16 heavy (non-hydrogen) atoms. The SMILES string of the molecule is COC(=O)C(C)CN1CC(CN)CCC1C. The number of hydrogen-bond acceptors (Lipinski definition) is 4. The third kappa shape index (κ3) is 3.46. The molecular weight excluding hydrogens is 204 g/mol. The fraction of sp³-hybridized carbons (Fsp3) is 0.917. The van der Waals surface area contributed by atoms with Crippen molar-refractivity contribution in [2.75, 3.05) is 26.7 Å². The van der Waals surface area contributed by atoms with Gasteiger partial charge in [0.1, 0.15) is 0 Å². The number of hydrogen-bond donors (Lipinski definition) is 1. The zero-order chi connectivity index (χ0) is 12.1. The van der Waals surface area contributed by atoms with Crippen molar-refractivity contribution in [3.8, 4) is 0 Å². The summed E-state index contributed by atoms with van der Waals surface area (Å²) in [6.07, 6.45) is 2.39. The van der Waals surface area contributed by atoms with Gasteiger partial charge in [-0.2, -0.15) is 0 Å². The molecule has 0 aromatic rings. The van der Waals surface area contributed by atoms with Gasteiger partial charge in [-0.15, -0.1) is 0 Å². The average Bonchev–Trinajstić information content (AvgIpc) is 2.30. The molecule has 1 heterocycles. The molecule has 1 aliphatic heterocycles. The zero-order valence-electron chi connectivity index (χ0n) is 10.6. The number of nitrogens with two attached hydrogens (primary N) is 1. The average molecular weight is 228 g/mol. The van der Waals surface area contributed by atoms with E-state index in [1.165, 1.54) is 20.0 Å². The Hall–Kier alpha value is -0.610. The first-order chi connectivity index (χ1) is 7.58. The Balaban J connectivity index is 2.47. The van der Waals surface area contributed by atoms with E-state index in [4.69, 9.17) is 10.5 Å². The standard InChI is InChI=1S/C12H24N2O2/c1-9(12(15)16-3)7-14-8-11(6-13)5-4-10(14)2/h9-11H,4-8,13H2,1-3H3. The van der Waals surface area contributed by atoms with E-state index in [0.29, 0.717) is 12.0 Å². The molecule has 0 bridgehead atoms. The van der Waals surface area contributed by atoms with Gasteiger partial charge in [0.05, 0.1) is 13.0 Å². The molecule has 1 saturated heterocycles. The highest BCUT2D eigenvalue weighted by Crippen LogP contribution is 2.22. The summed E-state index contributed by atoms with van der Waals surface area (Å²) < 4.78 is 4.75. The summed E-state index contributed by atoms with van der Waals surface area (Å²) in [5, 5.41) is 0. The Bertz CT molecular complexity index is 233. The van der Waals surface area contributed by atoms with Crippen molar-refractivity contribution >= 4 is 5.97 Å². The molecule has 4 heteroatoms. The number of nitrogens with zero attached hydrogens (tertiary/aromatic N) is 1. The minimum Gasteiger partial charge on any atom is -0.469 e. The number of carbonyl (C=O) groups excluding carboxylic acids is 1. The third-order valence-electron chi connectivity index (χ3n) is 3.55. The summed E-state index contributed by atoms with van der Waals surface area (Å²) in [7, 11) is 1.45. The number of piperidine rings is 1. The van der Waals surface area contributed by atoms with Crippen LogP contribution in [0.15, 0.2) is 0 Å². The Morgan fingerprint density at radius 3 is 2.81 bits per heavy atom. The molecule has 3 unspecified atom stereocenters. The summed E-state index contributed by atoms with van der Waals surface area (Å²) in [5.41, 5.74) is 5.71. The van der Waals surface area contributed by atoms with Crippen LogP contribution in [-0.2, 0) is 9.53 Å². The van der Waals surface area contributed by atoms with E-state index in [1.807, 2.05) is 6.92 Å². The maximum Gasteiger partial charge on any atom is 0.309 e.